The molecule has 0 saturated carbocycles. The van der Waals surface area contributed by atoms with Gasteiger partial charge in [0.2, 0.25) is 0 Å². The predicted molar refractivity (Wildman–Crippen MR) is 58.0 cm³/mol. The molecule has 2 aromatic rings. The van der Waals surface area contributed by atoms with E-state index < -0.39 is 15.8 Å². The van der Waals surface area contributed by atoms with Crippen molar-refractivity contribution in [2.75, 3.05) is 10.5 Å². The van der Waals surface area contributed by atoms with E-state index in [-0.39, 0.29) is 16.4 Å². The summed E-state index contributed by atoms with van der Waals surface area (Å²) >= 11 is 0. The number of aromatic nitrogens is 3. The van der Waals surface area contributed by atoms with Gasteiger partial charge in [-0.3, -0.25) is 14.8 Å². The molecule has 0 radical (unpaired) electrons. The molecule has 0 aromatic carbocycles. The highest BCUT2D eigenvalue weighted by Crippen LogP contribution is 2.18. The van der Waals surface area contributed by atoms with Gasteiger partial charge in [0, 0.05) is 6.20 Å². The average molecular weight is 257 g/mol. The van der Waals surface area contributed by atoms with Gasteiger partial charge < -0.3 is 5.73 Å². The summed E-state index contributed by atoms with van der Waals surface area (Å²) in [5, 5.41) is 5.92. The van der Waals surface area contributed by atoms with E-state index in [0.29, 0.717) is 0 Å². The zero-order chi connectivity index (χ0) is 12.5. The van der Waals surface area contributed by atoms with Crippen LogP contribution in [0.1, 0.15) is 0 Å². The molecule has 7 nitrogen and oxygen atoms in total. The molecule has 0 aliphatic heterocycles. The molecular formula is C8H8FN5O2S. The van der Waals surface area contributed by atoms with Crippen molar-refractivity contribution < 1.29 is 12.8 Å². The molecular weight excluding hydrogens is 249 g/mol. The molecule has 0 aliphatic carbocycles. The molecule has 2 aromatic heterocycles. The molecule has 2 rings (SSSR count). The maximum absolute atomic E-state index is 12.9. The van der Waals surface area contributed by atoms with Gasteiger partial charge >= 0.3 is 0 Å². The SMILES string of the molecule is Nc1cn[nH]c1NS(=O)(=O)c1cncc(F)c1. The van der Waals surface area contributed by atoms with Crippen LogP contribution in [0.25, 0.3) is 0 Å². The Labute approximate surface area is 95.9 Å². The van der Waals surface area contributed by atoms with Crippen LogP contribution in [0.3, 0.4) is 0 Å². The third-order valence-corrected chi connectivity index (χ3v) is 3.21. The van der Waals surface area contributed by atoms with Crippen LogP contribution in [0.2, 0.25) is 0 Å². The number of sulfonamides is 1. The minimum atomic E-state index is -3.93. The number of nitrogen functional groups attached to an aromatic ring is 1. The number of anilines is 2. The van der Waals surface area contributed by atoms with Crippen molar-refractivity contribution in [3.05, 3.63) is 30.5 Å². The van der Waals surface area contributed by atoms with E-state index in [4.69, 9.17) is 5.73 Å². The number of nitrogens with two attached hydrogens (primary N) is 1. The Balaban J connectivity index is 2.35. The number of aromatic amines is 1. The highest BCUT2D eigenvalue weighted by Gasteiger charge is 2.17. The van der Waals surface area contributed by atoms with Crippen molar-refractivity contribution in [3.8, 4) is 0 Å². The summed E-state index contributed by atoms with van der Waals surface area (Å²) in [5.74, 6) is -0.722. The van der Waals surface area contributed by atoms with Gasteiger partial charge in [0.1, 0.15) is 10.7 Å². The minimum Gasteiger partial charge on any atom is -0.394 e. The lowest BCUT2D eigenvalue weighted by molar-refractivity contribution is 0.592. The quantitative estimate of drug-likeness (QED) is 0.733. The van der Waals surface area contributed by atoms with Crippen LogP contribution < -0.4 is 10.5 Å². The summed E-state index contributed by atoms with van der Waals surface area (Å²) in [6, 6.07) is 0.849. The van der Waals surface area contributed by atoms with Crippen LogP contribution in [0, 0.1) is 5.82 Å². The summed E-state index contributed by atoms with van der Waals surface area (Å²) in [6.45, 7) is 0. The first-order valence-corrected chi connectivity index (χ1v) is 5.89. The fourth-order valence-electron chi connectivity index (χ4n) is 1.11. The fraction of sp³-hybridized carbons (Fsp3) is 0. The highest BCUT2D eigenvalue weighted by molar-refractivity contribution is 7.92. The van der Waals surface area contributed by atoms with Crippen molar-refractivity contribution in [2.24, 2.45) is 0 Å². The van der Waals surface area contributed by atoms with Crippen molar-refractivity contribution >= 4 is 21.5 Å². The topological polar surface area (TPSA) is 114 Å². The third kappa shape index (κ3) is 2.33. The Morgan fingerprint density at radius 2 is 2.12 bits per heavy atom. The third-order valence-electron chi connectivity index (χ3n) is 1.90. The van der Waals surface area contributed by atoms with Crippen LogP contribution in [-0.4, -0.2) is 23.6 Å². The van der Waals surface area contributed by atoms with E-state index in [9.17, 15) is 12.8 Å². The Hall–Kier alpha value is -2.16. The van der Waals surface area contributed by atoms with Gasteiger partial charge in [-0.1, -0.05) is 0 Å². The van der Waals surface area contributed by atoms with E-state index in [1.54, 1.807) is 0 Å². The number of halogens is 1. The molecule has 0 saturated heterocycles. The summed E-state index contributed by atoms with van der Waals surface area (Å²) in [7, 11) is -3.93. The second-order valence-electron chi connectivity index (χ2n) is 3.14. The van der Waals surface area contributed by atoms with Gasteiger partial charge in [-0.15, -0.1) is 0 Å². The first-order valence-electron chi connectivity index (χ1n) is 4.41. The molecule has 9 heteroatoms. The second kappa shape index (κ2) is 4.01. The average Bonchev–Trinajstić information content (AvgIpc) is 2.64. The number of rotatable bonds is 3. The Morgan fingerprint density at radius 1 is 1.35 bits per heavy atom. The molecule has 2 heterocycles. The van der Waals surface area contributed by atoms with Crippen LogP contribution in [0.15, 0.2) is 29.6 Å². The number of pyridine rings is 1. The van der Waals surface area contributed by atoms with Gasteiger partial charge in [-0.05, 0) is 6.07 Å². The molecule has 0 spiro atoms. The summed E-state index contributed by atoms with van der Waals surface area (Å²) in [5.41, 5.74) is 5.58. The zero-order valence-corrected chi connectivity index (χ0v) is 9.20. The van der Waals surface area contributed by atoms with Gasteiger partial charge in [0.15, 0.2) is 5.82 Å². The molecule has 90 valence electrons. The largest absolute Gasteiger partial charge is 0.394 e. The molecule has 0 amide bonds. The monoisotopic (exact) mass is 257 g/mol. The van der Waals surface area contributed by atoms with Crippen molar-refractivity contribution in [1.82, 2.24) is 15.2 Å². The lowest BCUT2D eigenvalue weighted by Crippen LogP contribution is -2.14. The van der Waals surface area contributed by atoms with E-state index in [2.05, 4.69) is 19.9 Å². The van der Waals surface area contributed by atoms with Crippen molar-refractivity contribution in [3.63, 3.8) is 0 Å². The second-order valence-corrected chi connectivity index (χ2v) is 4.83. The summed E-state index contributed by atoms with van der Waals surface area (Å²) < 4.78 is 38.6. The minimum absolute atomic E-state index is 0.0225. The lowest BCUT2D eigenvalue weighted by Gasteiger charge is -2.06. The molecule has 0 fully saturated rings. The number of nitrogens with one attached hydrogen (secondary N) is 2. The van der Waals surface area contributed by atoms with Crippen LogP contribution >= 0.6 is 0 Å². The molecule has 17 heavy (non-hydrogen) atoms. The van der Waals surface area contributed by atoms with E-state index in [1.807, 2.05) is 0 Å². The van der Waals surface area contributed by atoms with E-state index in [1.165, 1.54) is 6.20 Å². The fourth-order valence-corrected chi connectivity index (χ4v) is 2.13. The van der Waals surface area contributed by atoms with Crippen molar-refractivity contribution in [1.29, 1.82) is 0 Å². The van der Waals surface area contributed by atoms with Gasteiger partial charge in [-0.2, -0.15) is 5.10 Å². The van der Waals surface area contributed by atoms with Crippen LogP contribution in [-0.2, 0) is 10.0 Å². The molecule has 0 atom stereocenters. The summed E-state index contributed by atoms with van der Waals surface area (Å²) in [4.78, 5) is 3.15. The van der Waals surface area contributed by atoms with Gasteiger partial charge in [0.25, 0.3) is 10.0 Å². The number of H-pyrrole nitrogens is 1. The molecule has 0 unspecified atom stereocenters. The first-order chi connectivity index (χ1) is 7.99. The normalized spacial score (nSPS) is 11.4. The first kappa shape index (κ1) is 11.3. The number of hydrogen-bond donors (Lipinski definition) is 3. The lowest BCUT2D eigenvalue weighted by atomic mass is 10.5. The van der Waals surface area contributed by atoms with E-state index >= 15 is 0 Å². The Bertz CT molecular complexity index is 639. The maximum Gasteiger partial charge on any atom is 0.264 e. The Morgan fingerprint density at radius 3 is 2.71 bits per heavy atom. The number of nitrogens with zero attached hydrogens (tertiary/aromatic N) is 2. The van der Waals surface area contributed by atoms with Gasteiger partial charge in [0.05, 0.1) is 18.1 Å². The predicted octanol–water partition coefficient (Wildman–Crippen LogP) is 0.327. The molecule has 0 aliphatic rings. The van der Waals surface area contributed by atoms with E-state index in [0.717, 1.165) is 18.5 Å². The molecule has 0 bridgehead atoms. The van der Waals surface area contributed by atoms with Crippen LogP contribution in [0.4, 0.5) is 15.9 Å². The smallest absolute Gasteiger partial charge is 0.264 e. The Kier molecular flexibility index (Phi) is 2.68. The number of hydrogen-bond acceptors (Lipinski definition) is 5. The summed E-state index contributed by atoms with van der Waals surface area (Å²) in [6.07, 6.45) is 3.18. The molecule has 4 N–H and O–H groups in total. The maximum atomic E-state index is 12.9. The van der Waals surface area contributed by atoms with Crippen molar-refractivity contribution in [2.45, 2.75) is 4.90 Å². The van der Waals surface area contributed by atoms with Crippen LogP contribution in [0.5, 0.6) is 0 Å². The zero-order valence-electron chi connectivity index (χ0n) is 8.38. The standard InChI is InChI=1S/C8H8FN5O2S/c9-5-1-6(3-11-2-5)17(15,16)14-8-7(10)4-12-13-8/h1-4H,10H2,(H2,12,13,14). The van der Waals surface area contributed by atoms with Gasteiger partial charge in [-0.25, -0.2) is 12.8 Å². The highest BCUT2D eigenvalue weighted by atomic mass is 32.2.